The monoisotopic (exact) mass is 298 g/mol. The number of hydrogen-bond acceptors (Lipinski definition) is 4. The van der Waals surface area contributed by atoms with Crippen molar-refractivity contribution in [1.29, 1.82) is 0 Å². The third-order valence-corrected chi connectivity index (χ3v) is 3.15. The Balaban J connectivity index is 2.47. The fourth-order valence-corrected chi connectivity index (χ4v) is 1.76. The minimum Gasteiger partial charge on any atom is -0.464 e. The Morgan fingerprint density at radius 3 is 2.58 bits per heavy atom. The number of benzene rings is 1. The highest BCUT2D eigenvalue weighted by Crippen LogP contribution is 2.26. The molecule has 0 fully saturated rings. The van der Waals surface area contributed by atoms with Crippen LogP contribution in [0.4, 0.5) is 0 Å². The van der Waals surface area contributed by atoms with Crippen molar-refractivity contribution in [3.8, 4) is 11.3 Å². The first-order valence-corrected chi connectivity index (χ1v) is 5.92. The van der Waals surface area contributed by atoms with Gasteiger partial charge in [-0.3, -0.25) is 9.89 Å². The summed E-state index contributed by atoms with van der Waals surface area (Å²) in [4.78, 5) is 23.0. The zero-order chi connectivity index (χ0) is 14.0. The van der Waals surface area contributed by atoms with Gasteiger partial charge in [0.2, 0.25) is 11.1 Å². The summed E-state index contributed by atoms with van der Waals surface area (Å²) in [6.07, 6.45) is 0. The number of carbonyl (C=O) groups excluding carboxylic acids is 1. The zero-order valence-electron chi connectivity index (χ0n) is 9.74. The fourth-order valence-electron chi connectivity index (χ4n) is 1.46. The van der Waals surface area contributed by atoms with Crippen LogP contribution in [0.2, 0.25) is 10.0 Å². The normalized spacial score (nSPS) is 10.3. The Labute approximate surface area is 118 Å². The number of ether oxygens (including phenoxy) is 1. The van der Waals surface area contributed by atoms with Crippen LogP contribution >= 0.6 is 23.2 Å². The molecule has 1 heterocycles. The third-order valence-electron chi connectivity index (χ3n) is 2.41. The highest BCUT2D eigenvalue weighted by Gasteiger charge is 2.13. The summed E-state index contributed by atoms with van der Waals surface area (Å²) in [5.41, 5.74) is 0.226. The molecule has 0 aliphatic rings. The molecule has 0 aliphatic heterocycles. The Kier molecular flexibility index (Phi) is 3.87. The van der Waals surface area contributed by atoms with Gasteiger partial charge in [-0.15, -0.1) is 0 Å². The van der Waals surface area contributed by atoms with Crippen LogP contribution in [-0.2, 0) is 4.74 Å². The van der Waals surface area contributed by atoms with Gasteiger partial charge < -0.3 is 4.74 Å². The molecule has 0 bridgehead atoms. The molecule has 0 radical (unpaired) electrons. The van der Waals surface area contributed by atoms with E-state index in [4.69, 9.17) is 23.2 Å². The van der Waals surface area contributed by atoms with Crippen LogP contribution in [0, 0.1) is 0 Å². The van der Waals surface area contributed by atoms with Crippen molar-refractivity contribution in [3.63, 3.8) is 0 Å². The number of nitrogens with one attached hydrogen (secondary N) is 1. The number of rotatable bonds is 2. The van der Waals surface area contributed by atoms with E-state index in [2.05, 4.69) is 14.9 Å². The van der Waals surface area contributed by atoms with E-state index >= 15 is 0 Å². The second-order valence-electron chi connectivity index (χ2n) is 3.61. The number of hydrogen-bond donors (Lipinski definition) is 1. The van der Waals surface area contributed by atoms with E-state index in [1.54, 1.807) is 18.2 Å². The lowest BCUT2D eigenvalue weighted by molar-refractivity contribution is 0.0591. The van der Waals surface area contributed by atoms with Crippen molar-refractivity contribution in [3.05, 3.63) is 50.2 Å². The smallest absolute Gasteiger partial charge is 0.362 e. The maximum Gasteiger partial charge on any atom is 0.362 e. The van der Waals surface area contributed by atoms with E-state index in [0.717, 1.165) is 0 Å². The van der Waals surface area contributed by atoms with Crippen LogP contribution in [0.3, 0.4) is 0 Å². The van der Waals surface area contributed by atoms with E-state index in [0.29, 0.717) is 21.3 Å². The van der Waals surface area contributed by atoms with Gasteiger partial charge in [-0.2, -0.15) is 5.10 Å². The molecule has 0 aliphatic carbocycles. The minimum absolute atomic E-state index is 0.300. The maximum absolute atomic E-state index is 11.7. The molecule has 7 heteroatoms. The molecule has 1 aromatic heterocycles. The number of aromatic nitrogens is 2. The van der Waals surface area contributed by atoms with Crippen LogP contribution < -0.4 is 5.43 Å². The molecule has 5 nitrogen and oxygen atoms in total. The van der Waals surface area contributed by atoms with Gasteiger partial charge in [-0.05, 0) is 12.1 Å². The van der Waals surface area contributed by atoms with Gasteiger partial charge in [0.05, 0.1) is 22.8 Å². The van der Waals surface area contributed by atoms with Crippen molar-refractivity contribution < 1.29 is 9.53 Å². The molecule has 98 valence electrons. The van der Waals surface area contributed by atoms with Crippen LogP contribution in [-0.4, -0.2) is 23.3 Å². The minimum atomic E-state index is -0.790. The summed E-state index contributed by atoms with van der Waals surface area (Å²) in [6.45, 7) is 0. The first-order valence-electron chi connectivity index (χ1n) is 5.16. The first-order chi connectivity index (χ1) is 9.02. The predicted octanol–water partition coefficient (Wildman–Crippen LogP) is 2.53. The molecule has 0 saturated heterocycles. The number of aromatic amines is 1. The summed E-state index contributed by atoms with van der Waals surface area (Å²) in [5, 5.41) is 7.06. The standard InChI is InChI=1S/C12H8Cl2N2O3/c1-19-12(18)11-10(17)5-9(15-16-11)6-2-3-7(13)8(14)4-6/h2-5H,1H3,(H,15,17). The van der Waals surface area contributed by atoms with Crippen molar-refractivity contribution >= 4 is 29.2 Å². The molecule has 2 aromatic rings. The van der Waals surface area contributed by atoms with Crippen molar-refractivity contribution in [2.45, 2.75) is 0 Å². The lowest BCUT2D eigenvalue weighted by Crippen LogP contribution is -2.19. The summed E-state index contributed by atoms with van der Waals surface area (Å²) in [7, 11) is 1.18. The summed E-state index contributed by atoms with van der Waals surface area (Å²) >= 11 is 11.7. The van der Waals surface area contributed by atoms with Gasteiger partial charge in [0.25, 0.3) is 0 Å². The van der Waals surface area contributed by atoms with Crippen LogP contribution in [0.15, 0.2) is 29.1 Å². The first kappa shape index (κ1) is 13.6. The second kappa shape index (κ2) is 5.42. The molecule has 19 heavy (non-hydrogen) atoms. The molecular formula is C12H8Cl2N2O3. The van der Waals surface area contributed by atoms with Gasteiger partial charge in [0.1, 0.15) is 0 Å². The molecule has 0 saturated carbocycles. The Morgan fingerprint density at radius 2 is 2.00 bits per heavy atom. The number of nitrogens with zero attached hydrogens (tertiary/aromatic N) is 1. The summed E-state index contributed by atoms with van der Waals surface area (Å²) in [6, 6.07) is 6.12. The maximum atomic E-state index is 11.7. The molecule has 0 unspecified atom stereocenters. The summed E-state index contributed by atoms with van der Waals surface area (Å²) in [5.74, 6) is -0.790. The molecule has 2 rings (SSSR count). The van der Waals surface area contributed by atoms with Gasteiger partial charge in [-0.1, -0.05) is 29.3 Å². The quantitative estimate of drug-likeness (QED) is 0.865. The van der Waals surface area contributed by atoms with E-state index in [9.17, 15) is 9.59 Å². The third kappa shape index (κ3) is 2.77. The number of halogens is 2. The topological polar surface area (TPSA) is 72.0 Å². The Bertz CT molecular complexity index is 698. The number of carbonyl (C=O) groups is 1. The van der Waals surface area contributed by atoms with Gasteiger partial charge in [-0.25, -0.2) is 4.79 Å². The van der Waals surface area contributed by atoms with Crippen molar-refractivity contribution in [2.75, 3.05) is 7.11 Å². The van der Waals surface area contributed by atoms with Crippen molar-refractivity contribution in [2.24, 2.45) is 0 Å². The highest BCUT2D eigenvalue weighted by atomic mass is 35.5. The van der Waals surface area contributed by atoms with Crippen LogP contribution in [0.1, 0.15) is 10.5 Å². The van der Waals surface area contributed by atoms with Crippen LogP contribution in [0.25, 0.3) is 11.3 Å². The lowest BCUT2D eigenvalue weighted by atomic mass is 10.1. The van der Waals surface area contributed by atoms with E-state index in [-0.39, 0.29) is 5.69 Å². The number of H-pyrrole nitrogens is 1. The number of esters is 1. The van der Waals surface area contributed by atoms with E-state index < -0.39 is 11.4 Å². The lowest BCUT2D eigenvalue weighted by Gasteiger charge is -2.04. The second-order valence-corrected chi connectivity index (χ2v) is 4.43. The van der Waals surface area contributed by atoms with Crippen LogP contribution in [0.5, 0.6) is 0 Å². The molecular weight excluding hydrogens is 291 g/mol. The number of methoxy groups -OCH3 is 1. The van der Waals surface area contributed by atoms with Gasteiger partial charge in [0, 0.05) is 11.6 Å². The van der Waals surface area contributed by atoms with Gasteiger partial charge >= 0.3 is 5.97 Å². The van der Waals surface area contributed by atoms with E-state index in [1.807, 2.05) is 0 Å². The SMILES string of the molecule is COC(=O)c1n[nH]c(-c2ccc(Cl)c(Cl)c2)cc1=O. The fraction of sp³-hybridized carbons (Fsp3) is 0.0833. The molecule has 0 spiro atoms. The average Bonchev–Trinajstić information content (AvgIpc) is 2.41. The largest absolute Gasteiger partial charge is 0.464 e. The summed E-state index contributed by atoms with van der Waals surface area (Å²) < 4.78 is 4.44. The molecule has 0 atom stereocenters. The average molecular weight is 299 g/mol. The zero-order valence-corrected chi connectivity index (χ0v) is 11.2. The van der Waals surface area contributed by atoms with E-state index in [1.165, 1.54) is 13.2 Å². The Hall–Kier alpha value is -1.85. The highest BCUT2D eigenvalue weighted by molar-refractivity contribution is 6.42. The predicted molar refractivity (Wildman–Crippen MR) is 71.7 cm³/mol. The van der Waals surface area contributed by atoms with Gasteiger partial charge in [0.15, 0.2) is 0 Å². The van der Waals surface area contributed by atoms with Crippen molar-refractivity contribution in [1.82, 2.24) is 10.2 Å². The molecule has 0 amide bonds. The molecule has 1 N–H and O–H groups in total. The molecule has 1 aromatic carbocycles. The Morgan fingerprint density at radius 1 is 1.26 bits per heavy atom.